The van der Waals surface area contributed by atoms with Gasteiger partial charge in [0.25, 0.3) is 5.91 Å². The highest BCUT2D eigenvalue weighted by atomic mass is 79.9. The molecule has 0 heterocycles. The largest absolute Gasteiger partial charge is 0.495 e. The lowest BCUT2D eigenvalue weighted by Crippen LogP contribution is -2.20. The van der Waals surface area contributed by atoms with Crippen molar-refractivity contribution in [3.63, 3.8) is 0 Å². The molecular formula is C19H14BrN3O3. The lowest BCUT2D eigenvalue weighted by atomic mass is 10.1. The van der Waals surface area contributed by atoms with Crippen LogP contribution >= 0.6 is 15.9 Å². The second-order valence-corrected chi connectivity index (χ2v) is 5.92. The van der Waals surface area contributed by atoms with Crippen molar-refractivity contribution in [2.45, 2.75) is 0 Å². The van der Waals surface area contributed by atoms with Crippen molar-refractivity contribution in [1.29, 1.82) is 10.5 Å². The number of anilines is 1. The molecule has 130 valence electrons. The zero-order valence-electron chi connectivity index (χ0n) is 13.8. The second kappa shape index (κ2) is 9.26. The topological polar surface area (TPSA) is 95.1 Å². The Hall–Kier alpha value is -3.29. The third kappa shape index (κ3) is 5.10. The summed E-state index contributed by atoms with van der Waals surface area (Å²) in [6.07, 6.45) is 1.40. The number of carbonyl (C=O) groups is 1. The standard InChI is InChI=1S/C19H14BrN3O3/c1-25-18-5-3-2-4-16(18)23-19(24)12-26-17-7-6-15(20)9-14(17)8-13(10-21)11-22/h2-9H,12H2,1H3,(H,23,24). The van der Waals surface area contributed by atoms with Crippen LogP contribution in [0.4, 0.5) is 5.69 Å². The molecule has 0 radical (unpaired) electrons. The molecule has 0 saturated carbocycles. The van der Waals surface area contributed by atoms with E-state index >= 15 is 0 Å². The number of halogens is 1. The number of amides is 1. The first-order valence-corrected chi connectivity index (χ1v) is 8.23. The minimum Gasteiger partial charge on any atom is -0.495 e. The molecule has 0 aliphatic carbocycles. The van der Waals surface area contributed by atoms with E-state index in [1.807, 2.05) is 0 Å². The van der Waals surface area contributed by atoms with Crippen LogP contribution < -0.4 is 14.8 Å². The molecule has 6 nitrogen and oxygen atoms in total. The lowest BCUT2D eigenvalue weighted by Gasteiger charge is -2.12. The van der Waals surface area contributed by atoms with Gasteiger partial charge >= 0.3 is 0 Å². The molecule has 2 rings (SSSR count). The minimum atomic E-state index is -0.367. The number of rotatable bonds is 6. The van der Waals surface area contributed by atoms with Crippen LogP contribution in [0.5, 0.6) is 11.5 Å². The number of hydrogen-bond donors (Lipinski definition) is 1. The molecule has 2 aromatic carbocycles. The highest BCUT2D eigenvalue weighted by Gasteiger charge is 2.10. The quantitative estimate of drug-likeness (QED) is 0.726. The van der Waals surface area contributed by atoms with Gasteiger partial charge in [0.15, 0.2) is 6.61 Å². The molecule has 1 N–H and O–H groups in total. The van der Waals surface area contributed by atoms with Gasteiger partial charge in [0.2, 0.25) is 0 Å². The average molecular weight is 412 g/mol. The summed E-state index contributed by atoms with van der Waals surface area (Å²) in [5.41, 5.74) is 0.991. The van der Waals surface area contributed by atoms with Crippen LogP contribution in [-0.2, 0) is 4.79 Å². The Kier molecular flexibility index (Phi) is 6.78. The van der Waals surface area contributed by atoms with Crippen molar-refractivity contribution in [2.75, 3.05) is 19.0 Å². The molecular weight excluding hydrogens is 398 g/mol. The molecule has 0 aromatic heterocycles. The molecule has 0 spiro atoms. The zero-order chi connectivity index (χ0) is 18.9. The second-order valence-electron chi connectivity index (χ2n) is 5.00. The van der Waals surface area contributed by atoms with E-state index in [0.717, 1.165) is 4.47 Å². The first kappa shape index (κ1) is 19.0. The summed E-state index contributed by atoms with van der Waals surface area (Å²) in [6.45, 7) is -0.241. The zero-order valence-corrected chi connectivity index (χ0v) is 15.4. The highest BCUT2D eigenvalue weighted by Crippen LogP contribution is 2.26. The molecule has 7 heteroatoms. The third-order valence-corrected chi connectivity index (χ3v) is 3.75. The van der Waals surface area contributed by atoms with E-state index < -0.39 is 0 Å². The number of nitriles is 2. The van der Waals surface area contributed by atoms with Gasteiger partial charge in [-0.3, -0.25) is 4.79 Å². The highest BCUT2D eigenvalue weighted by molar-refractivity contribution is 9.10. The Labute approximate surface area is 159 Å². The van der Waals surface area contributed by atoms with E-state index in [4.69, 9.17) is 20.0 Å². The number of hydrogen-bond acceptors (Lipinski definition) is 5. The van der Waals surface area contributed by atoms with Crippen LogP contribution in [0.3, 0.4) is 0 Å². The van der Waals surface area contributed by atoms with Gasteiger partial charge < -0.3 is 14.8 Å². The van der Waals surface area contributed by atoms with E-state index in [9.17, 15) is 4.79 Å². The van der Waals surface area contributed by atoms with Gasteiger partial charge in [-0.15, -0.1) is 0 Å². The smallest absolute Gasteiger partial charge is 0.262 e. The molecule has 0 saturated heterocycles. The maximum atomic E-state index is 12.1. The predicted molar refractivity (Wildman–Crippen MR) is 100 cm³/mol. The van der Waals surface area contributed by atoms with Crippen LogP contribution in [0, 0.1) is 22.7 Å². The van der Waals surface area contributed by atoms with E-state index in [1.165, 1.54) is 13.2 Å². The summed E-state index contributed by atoms with van der Waals surface area (Å²) in [5, 5.41) is 20.5. The van der Waals surface area contributed by atoms with Crippen LogP contribution in [0.2, 0.25) is 0 Å². The minimum absolute atomic E-state index is 0.0635. The normalized spacial score (nSPS) is 9.38. The van der Waals surface area contributed by atoms with Crippen molar-refractivity contribution < 1.29 is 14.3 Å². The van der Waals surface area contributed by atoms with Gasteiger partial charge in [0.05, 0.1) is 12.8 Å². The Morgan fingerprint density at radius 3 is 2.62 bits per heavy atom. The summed E-state index contributed by atoms with van der Waals surface area (Å²) in [4.78, 5) is 12.1. The molecule has 0 aliphatic rings. The van der Waals surface area contributed by atoms with E-state index in [-0.39, 0.29) is 18.1 Å². The Balaban J connectivity index is 2.12. The number of allylic oxidation sites excluding steroid dienone is 1. The summed E-state index contributed by atoms with van der Waals surface area (Å²) in [7, 11) is 1.52. The van der Waals surface area contributed by atoms with Crippen molar-refractivity contribution in [1.82, 2.24) is 0 Å². The molecule has 0 atom stereocenters. The lowest BCUT2D eigenvalue weighted by molar-refractivity contribution is -0.118. The van der Waals surface area contributed by atoms with Crippen LogP contribution in [0.1, 0.15) is 5.56 Å². The fraction of sp³-hybridized carbons (Fsp3) is 0.105. The van der Waals surface area contributed by atoms with Crippen molar-refractivity contribution in [3.8, 4) is 23.6 Å². The van der Waals surface area contributed by atoms with E-state index in [2.05, 4.69) is 21.2 Å². The van der Waals surface area contributed by atoms with Gasteiger partial charge in [-0.1, -0.05) is 28.1 Å². The van der Waals surface area contributed by atoms with E-state index in [0.29, 0.717) is 22.7 Å². The molecule has 26 heavy (non-hydrogen) atoms. The number of ether oxygens (including phenoxy) is 2. The van der Waals surface area contributed by atoms with Gasteiger partial charge in [-0.2, -0.15) is 10.5 Å². The first-order chi connectivity index (χ1) is 12.6. The van der Waals surface area contributed by atoms with E-state index in [1.54, 1.807) is 54.6 Å². The third-order valence-electron chi connectivity index (χ3n) is 3.25. The van der Waals surface area contributed by atoms with Gasteiger partial charge in [0, 0.05) is 10.0 Å². The van der Waals surface area contributed by atoms with Gasteiger partial charge in [-0.05, 0) is 36.4 Å². The Bertz CT molecular complexity index is 910. The summed E-state index contributed by atoms with van der Waals surface area (Å²) < 4.78 is 11.5. The van der Waals surface area contributed by atoms with Crippen LogP contribution in [-0.4, -0.2) is 19.6 Å². The van der Waals surface area contributed by atoms with Crippen molar-refractivity contribution in [2.24, 2.45) is 0 Å². The number of benzene rings is 2. The molecule has 0 fully saturated rings. The SMILES string of the molecule is COc1ccccc1NC(=O)COc1ccc(Br)cc1C=C(C#N)C#N. The number of nitrogens with one attached hydrogen (secondary N) is 1. The average Bonchev–Trinajstić information content (AvgIpc) is 2.65. The van der Waals surface area contributed by atoms with Crippen LogP contribution in [0.25, 0.3) is 6.08 Å². The monoisotopic (exact) mass is 411 g/mol. The number of nitrogens with zero attached hydrogens (tertiary/aromatic N) is 2. The number of methoxy groups -OCH3 is 1. The fourth-order valence-corrected chi connectivity index (χ4v) is 2.46. The molecule has 0 bridgehead atoms. The van der Waals surface area contributed by atoms with Crippen molar-refractivity contribution >= 4 is 33.6 Å². The number of carbonyl (C=O) groups excluding carboxylic acids is 1. The summed E-state index contributed by atoms with van der Waals surface area (Å²) in [5.74, 6) is 0.556. The Morgan fingerprint density at radius 1 is 1.19 bits per heavy atom. The molecule has 1 amide bonds. The van der Waals surface area contributed by atoms with Gasteiger partial charge in [0.1, 0.15) is 29.2 Å². The fourth-order valence-electron chi connectivity index (χ4n) is 2.09. The predicted octanol–water partition coefficient (Wildman–Crippen LogP) is 3.91. The Morgan fingerprint density at radius 2 is 1.92 bits per heavy atom. The summed E-state index contributed by atoms with van der Waals surface area (Å²) in [6, 6.07) is 15.7. The first-order valence-electron chi connectivity index (χ1n) is 7.44. The number of para-hydroxylation sites is 2. The maximum absolute atomic E-state index is 12.1. The summed E-state index contributed by atoms with van der Waals surface area (Å²) >= 11 is 3.33. The molecule has 2 aromatic rings. The van der Waals surface area contributed by atoms with Crippen LogP contribution in [0.15, 0.2) is 52.5 Å². The molecule has 0 aliphatic heterocycles. The molecule has 0 unspecified atom stereocenters. The van der Waals surface area contributed by atoms with Crippen molar-refractivity contribution in [3.05, 3.63) is 58.1 Å². The maximum Gasteiger partial charge on any atom is 0.262 e. The van der Waals surface area contributed by atoms with Gasteiger partial charge in [-0.25, -0.2) is 0 Å².